The van der Waals surface area contributed by atoms with E-state index in [-0.39, 0.29) is 22.2 Å². The van der Waals surface area contributed by atoms with Crippen LogP contribution in [0.15, 0.2) is 18.2 Å². The first-order chi connectivity index (χ1) is 8.98. The molecule has 0 bridgehead atoms. The second-order valence-corrected chi connectivity index (χ2v) is 5.72. The van der Waals surface area contributed by atoms with Gasteiger partial charge in [0.15, 0.2) is 0 Å². The highest BCUT2D eigenvalue weighted by atomic mass is 35.5. The molecule has 0 unspecified atom stereocenters. The Bertz CT molecular complexity index is 471. The van der Waals surface area contributed by atoms with Crippen LogP contribution in [0.5, 0.6) is 5.75 Å². The monoisotopic (exact) mass is 282 g/mol. The lowest BCUT2D eigenvalue weighted by Gasteiger charge is -2.32. The molecule has 1 aromatic carbocycles. The van der Waals surface area contributed by atoms with E-state index in [2.05, 4.69) is 5.32 Å². The summed E-state index contributed by atoms with van der Waals surface area (Å²) in [5.41, 5.74) is 6.44. The Morgan fingerprint density at radius 2 is 2.05 bits per heavy atom. The van der Waals surface area contributed by atoms with E-state index in [0.717, 1.165) is 25.7 Å². The Morgan fingerprint density at radius 1 is 1.37 bits per heavy atom. The molecule has 5 heteroatoms. The number of nitrogens with one attached hydrogen (secondary N) is 1. The van der Waals surface area contributed by atoms with Gasteiger partial charge in [-0.05, 0) is 31.0 Å². The zero-order valence-electron chi connectivity index (χ0n) is 10.8. The number of hydrogen-bond donors (Lipinski definition) is 3. The molecule has 0 atom stereocenters. The van der Waals surface area contributed by atoms with Crippen molar-refractivity contribution in [1.29, 1.82) is 0 Å². The summed E-state index contributed by atoms with van der Waals surface area (Å²) in [6.07, 6.45) is 5.51. The third-order valence-electron chi connectivity index (χ3n) is 3.59. The van der Waals surface area contributed by atoms with Crippen molar-refractivity contribution < 1.29 is 9.90 Å². The molecule has 4 N–H and O–H groups in total. The number of halogens is 1. The van der Waals surface area contributed by atoms with Gasteiger partial charge < -0.3 is 16.2 Å². The Kier molecular flexibility index (Phi) is 4.32. The number of amides is 1. The van der Waals surface area contributed by atoms with Crippen LogP contribution in [0.4, 0.5) is 5.69 Å². The van der Waals surface area contributed by atoms with Crippen molar-refractivity contribution >= 4 is 23.2 Å². The second-order valence-electron chi connectivity index (χ2n) is 5.31. The first-order valence-electron chi connectivity index (χ1n) is 6.56. The van der Waals surface area contributed by atoms with Crippen molar-refractivity contribution in [3.63, 3.8) is 0 Å². The van der Waals surface area contributed by atoms with Crippen molar-refractivity contribution in [1.82, 2.24) is 0 Å². The van der Waals surface area contributed by atoms with Crippen LogP contribution in [0.25, 0.3) is 0 Å². The molecule has 2 rings (SSSR count). The predicted molar refractivity (Wildman–Crippen MR) is 76.4 cm³/mol. The van der Waals surface area contributed by atoms with Crippen LogP contribution in [-0.4, -0.2) is 16.6 Å². The number of rotatable bonds is 3. The first-order valence-corrected chi connectivity index (χ1v) is 6.94. The molecule has 1 fully saturated rings. The maximum Gasteiger partial charge on any atom is 0.226 e. The topological polar surface area (TPSA) is 75.4 Å². The predicted octanol–water partition coefficient (Wildman–Crippen LogP) is 3.04. The van der Waals surface area contributed by atoms with Crippen LogP contribution in [0.3, 0.4) is 0 Å². The highest BCUT2D eigenvalue weighted by Crippen LogP contribution is 2.30. The molecule has 1 aliphatic carbocycles. The Balaban J connectivity index is 1.95. The van der Waals surface area contributed by atoms with E-state index in [1.807, 2.05) is 0 Å². The van der Waals surface area contributed by atoms with Gasteiger partial charge in [0.25, 0.3) is 0 Å². The minimum absolute atomic E-state index is 0.00208. The number of phenolic OH excluding ortho intramolecular Hbond substituents is 1. The van der Waals surface area contributed by atoms with Gasteiger partial charge in [-0.25, -0.2) is 0 Å². The highest BCUT2D eigenvalue weighted by molar-refractivity contribution is 6.32. The molecule has 0 aliphatic heterocycles. The Labute approximate surface area is 117 Å². The highest BCUT2D eigenvalue weighted by Gasteiger charge is 2.29. The van der Waals surface area contributed by atoms with E-state index < -0.39 is 0 Å². The molecule has 0 saturated heterocycles. The number of aromatic hydroxyl groups is 1. The number of carbonyl (C=O) groups is 1. The van der Waals surface area contributed by atoms with Gasteiger partial charge in [0.2, 0.25) is 5.91 Å². The number of nitrogens with two attached hydrogens (primary N) is 1. The van der Waals surface area contributed by atoms with Gasteiger partial charge >= 0.3 is 0 Å². The van der Waals surface area contributed by atoms with E-state index in [4.69, 9.17) is 17.3 Å². The van der Waals surface area contributed by atoms with Crippen LogP contribution >= 0.6 is 11.6 Å². The van der Waals surface area contributed by atoms with Gasteiger partial charge in [-0.15, -0.1) is 0 Å². The van der Waals surface area contributed by atoms with Gasteiger partial charge in [-0.3, -0.25) is 4.79 Å². The summed E-state index contributed by atoms with van der Waals surface area (Å²) in [5, 5.41) is 12.3. The molecule has 0 spiro atoms. The SMILES string of the molecule is NC1(CC(=O)Nc2ccc(O)c(Cl)c2)CCCCC1. The van der Waals surface area contributed by atoms with Crippen molar-refractivity contribution in [2.45, 2.75) is 44.1 Å². The Hall–Kier alpha value is -1.26. The molecule has 4 nitrogen and oxygen atoms in total. The van der Waals surface area contributed by atoms with E-state index in [0.29, 0.717) is 12.1 Å². The fourth-order valence-electron chi connectivity index (χ4n) is 2.54. The summed E-state index contributed by atoms with van der Waals surface area (Å²) in [4.78, 5) is 12.0. The van der Waals surface area contributed by atoms with Crippen LogP contribution in [0, 0.1) is 0 Å². The summed E-state index contributed by atoms with van der Waals surface area (Å²) < 4.78 is 0. The normalized spacial score (nSPS) is 18.0. The van der Waals surface area contributed by atoms with Crippen molar-refractivity contribution in [3.05, 3.63) is 23.2 Å². The molecule has 104 valence electrons. The van der Waals surface area contributed by atoms with Gasteiger partial charge in [0.05, 0.1) is 5.02 Å². The minimum atomic E-state index is -0.372. The maximum absolute atomic E-state index is 12.0. The van der Waals surface area contributed by atoms with Crippen molar-refractivity contribution in [2.75, 3.05) is 5.32 Å². The van der Waals surface area contributed by atoms with Crippen LogP contribution in [0.2, 0.25) is 5.02 Å². The standard InChI is InChI=1S/C14H19ClN2O2/c15-11-8-10(4-5-12(11)18)17-13(19)9-14(16)6-2-1-3-7-14/h4-5,8,18H,1-3,6-7,9,16H2,(H,17,19). The summed E-state index contributed by atoms with van der Waals surface area (Å²) >= 11 is 5.79. The molecular formula is C14H19ClN2O2. The maximum atomic E-state index is 12.0. The van der Waals surface area contributed by atoms with Gasteiger partial charge in [0, 0.05) is 17.6 Å². The molecule has 1 aliphatic rings. The lowest BCUT2D eigenvalue weighted by atomic mass is 9.80. The number of anilines is 1. The zero-order valence-corrected chi connectivity index (χ0v) is 11.5. The van der Waals surface area contributed by atoms with Gasteiger partial charge in [-0.1, -0.05) is 30.9 Å². The van der Waals surface area contributed by atoms with Crippen molar-refractivity contribution in [2.24, 2.45) is 5.73 Å². The molecule has 0 aromatic heterocycles. The number of benzene rings is 1. The third-order valence-corrected chi connectivity index (χ3v) is 3.90. The second kappa shape index (κ2) is 5.80. The average molecular weight is 283 g/mol. The van der Waals surface area contributed by atoms with Gasteiger partial charge in [-0.2, -0.15) is 0 Å². The van der Waals surface area contributed by atoms with Crippen LogP contribution in [0.1, 0.15) is 38.5 Å². The third kappa shape index (κ3) is 3.85. The molecular weight excluding hydrogens is 264 g/mol. The lowest BCUT2D eigenvalue weighted by Crippen LogP contribution is -2.44. The smallest absolute Gasteiger partial charge is 0.226 e. The van der Waals surface area contributed by atoms with E-state index in [9.17, 15) is 9.90 Å². The van der Waals surface area contributed by atoms with E-state index >= 15 is 0 Å². The summed E-state index contributed by atoms with van der Waals surface area (Å²) in [7, 11) is 0. The Morgan fingerprint density at radius 3 is 2.68 bits per heavy atom. The molecule has 1 aromatic rings. The fraction of sp³-hybridized carbons (Fsp3) is 0.500. The summed E-state index contributed by atoms with van der Waals surface area (Å²) in [6.45, 7) is 0. The fourth-order valence-corrected chi connectivity index (χ4v) is 2.72. The van der Waals surface area contributed by atoms with Crippen molar-refractivity contribution in [3.8, 4) is 5.75 Å². The van der Waals surface area contributed by atoms with E-state index in [1.54, 1.807) is 6.07 Å². The van der Waals surface area contributed by atoms with E-state index in [1.165, 1.54) is 18.6 Å². The summed E-state index contributed by atoms with van der Waals surface area (Å²) in [6, 6.07) is 4.60. The quantitative estimate of drug-likeness (QED) is 0.746. The molecule has 1 saturated carbocycles. The zero-order chi connectivity index (χ0) is 13.9. The molecule has 1 amide bonds. The number of hydrogen-bond acceptors (Lipinski definition) is 3. The molecule has 19 heavy (non-hydrogen) atoms. The van der Waals surface area contributed by atoms with Gasteiger partial charge in [0.1, 0.15) is 5.75 Å². The molecule has 0 heterocycles. The van der Waals surface area contributed by atoms with Crippen LogP contribution in [-0.2, 0) is 4.79 Å². The first kappa shape index (κ1) is 14.2. The lowest BCUT2D eigenvalue weighted by molar-refractivity contribution is -0.117. The van der Waals surface area contributed by atoms with Crippen LogP contribution < -0.4 is 11.1 Å². The number of phenols is 1. The average Bonchev–Trinajstić information content (AvgIpc) is 2.34. The minimum Gasteiger partial charge on any atom is -0.506 e. The molecule has 0 radical (unpaired) electrons. The number of carbonyl (C=O) groups excluding carboxylic acids is 1. The summed E-state index contributed by atoms with van der Waals surface area (Å²) in [5.74, 6) is -0.103. The largest absolute Gasteiger partial charge is 0.506 e.